The van der Waals surface area contributed by atoms with Crippen molar-refractivity contribution in [1.82, 2.24) is 0 Å². The van der Waals surface area contributed by atoms with Crippen LogP contribution in [0.1, 0.15) is 21.5 Å². The predicted octanol–water partition coefficient (Wildman–Crippen LogP) is 5.49. The van der Waals surface area contributed by atoms with E-state index in [0.29, 0.717) is 35.8 Å². The van der Waals surface area contributed by atoms with E-state index in [0.717, 1.165) is 23.3 Å². The number of nitrogens with one attached hydrogen (secondary N) is 1. The summed E-state index contributed by atoms with van der Waals surface area (Å²) in [6.45, 7) is 0.979. The van der Waals surface area contributed by atoms with E-state index >= 15 is 0 Å². The van der Waals surface area contributed by atoms with Crippen LogP contribution in [0.4, 0.5) is 11.4 Å². The molecule has 6 heteroatoms. The lowest BCUT2D eigenvalue weighted by atomic mass is 10.1. The van der Waals surface area contributed by atoms with Gasteiger partial charge in [-0.3, -0.25) is 9.59 Å². The number of carbonyl (C=O) groups is 2. The number of anilines is 2. The number of benzene rings is 4. The van der Waals surface area contributed by atoms with Crippen molar-refractivity contribution in [3.8, 4) is 11.5 Å². The van der Waals surface area contributed by atoms with Gasteiger partial charge in [0, 0.05) is 17.8 Å². The van der Waals surface area contributed by atoms with Crippen molar-refractivity contribution in [2.75, 3.05) is 23.4 Å². The van der Waals surface area contributed by atoms with Crippen LogP contribution in [0.3, 0.4) is 0 Å². The largest absolute Gasteiger partial charge is 0.489 e. The van der Waals surface area contributed by atoms with E-state index in [9.17, 15) is 9.59 Å². The van der Waals surface area contributed by atoms with E-state index in [4.69, 9.17) is 9.47 Å². The molecule has 0 aliphatic carbocycles. The van der Waals surface area contributed by atoms with Gasteiger partial charge in [-0.05, 0) is 60.0 Å². The fraction of sp³-hybridized carbons (Fsp3) is 0.133. The SMILES string of the molecule is O=C(Nc1ccc(OCc2ccccc2)cc1)c1ccc2c(c1)OCC(=O)N2CCc1ccccc1. The van der Waals surface area contributed by atoms with Gasteiger partial charge in [0.25, 0.3) is 11.8 Å². The number of hydrogen-bond donors (Lipinski definition) is 1. The van der Waals surface area contributed by atoms with E-state index in [1.54, 1.807) is 35.2 Å². The van der Waals surface area contributed by atoms with Crippen molar-refractivity contribution < 1.29 is 19.1 Å². The summed E-state index contributed by atoms with van der Waals surface area (Å²) in [6, 6.07) is 32.4. The smallest absolute Gasteiger partial charge is 0.265 e. The molecular weight excluding hydrogens is 452 g/mol. The second-order valence-corrected chi connectivity index (χ2v) is 8.50. The van der Waals surface area contributed by atoms with Crippen molar-refractivity contribution in [1.29, 1.82) is 0 Å². The van der Waals surface area contributed by atoms with Crippen LogP contribution in [0, 0.1) is 0 Å². The first-order valence-corrected chi connectivity index (χ1v) is 11.8. The molecule has 180 valence electrons. The summed E-state index contributed by atoms with van der Waals surface area (Å²) in [7, 11) is 0. The molecule has 4 aromatic carbocycles. The molecule has 6 nitrogen and oxygen atoms in total. The standard InChI is InChI=1S/C30H26N2O4/c33-29-21-36-28-19-24(11-16-27(28)32(29)18-17-22-7-3-1-4-8-22)30(34)31-25-12-14-26(15-13-25)35-20-23-9-5-2-6-10-23/h1-16,19H,17-18,20-21H2,(H,31,34). The van der Waals surface area contributed by atoms with Gasteiger partial charge in [0.2, 0.25) is 0 Å². The summed E-state index contributed by atoms with van der Waals surface area (Å²) in [5, 5.41) is 2.90. The zero-order valence-electron chi connectivity index (χ0n) is 19.7. The molecule has 0 atom stereocenters. The molecule has 4 aromatic rings. The van der Waals surface area contributed by atoms with Gasteiger partial charge in [0.05, 0.1) is 5.69 Å². The number of amides is 2. The van der Waals surface area contributed by atoms with Crippen LogP contribution in [0.2, 0.25) is 0 Å². The normalized spacial score (nSPS) is 12.4. The number of rotatable bonds is 8. The van der Waals surface area contributed by atoms with E-state index in [2.05, 4.69) is 5.32 Å². The molecule has 1 heterocycles. The van der Waals surface area contributed by atoms with Gasteiger partial charge in [0.15, 0.2) is 6.61 Å². The van der Waals surface area contributed by atoms with Crippen molar-refractivity contribution >= 4 is 23.2 Å². The van der Waals surface area contributed by atoms with Crippen LogP contribution in [-0.4, -0.2) is 25.0 Å². The Morgan fingerprint density at radius 1 is 0.861 bits per heavy atom. The number of ether oxygens (including phenoxy) is 2. The molecule has 36 heavy (non-hydrogen) atoms. The topological polar surface area (TPSA) is 67.9 Å². The van der Waals surface area contributed by atoms with Crippen molar-refractivity contribution in [3.05, 3.63) is 120 Å². The minimum atomic E-state index is -0.257. The third kappa shape index (κ3) is 5.55. The molecule has 0 saturated carbocycles. The Morgan fingerprint density at radius 3 is 2.28 bits per heavy atom. The summed E-state index contributed by atoms with van der Waals surface area (Å²) in [4.78, 5) is 27.1. The van der Waals surface area contributed by atoms with E-state index in [-0.39, 0.29) is 18.4 Å². The fourth-order valence-electron chi connectivity index (χ4n) is 4.06. The third-order valence-corrected chi connectivity index (χ3v) is 5.99. The second kappa shape index (κ2) is 10.8. The minimum Gasteiger partial charge on any atom is -0.489 e. The van der Waals surface area contributed by atoms with Crippen LogP contribution < -0.4 is 19.7 Å². The molecule has 5 rings (SSSR count). The Labute approximate surface area is 210 Å². The maximum Gasteiger partial charge on any atom is 0.265 e. The second-order valence-electron chi connectivity index (χ2n) is 8.50. The van der Waals surface area contributed by atoms with E-state index in [1.807, 2.05) is 72.8 Å². The van der Waals surface area contributed by atoms with Gasteiger partial charge in [-0.1, -0.05) is 60.7 Å². The lowest BCUT2D eigenvalue weighted by Crippen LogP contribution is -2.40. The van der Waals surface area contributed by atoms with Crippen LogP contribution in [0.25, 0.3) is 0 Å². The number of fused-ring (bicyclic) bond motifs is 1. The zero-order valence-corrected chi connectivity index (χ0v) is 19.7. The Hall–Kier alpha value is -4.58. The highest BCUT2D eigenvalue weighted by Crippen LogP contribution is 2.33. The highest BCUT2D eigenvalue weighted by molar-refractivity contribution is 6.06. The molecule has 1 N–H and O–H groups in total. The van der Waals surface area contributed by atoms with E-state index in [1.165, 1.54) is 0 Å². The van der Waals surface area contributed by atoms with Gasteiger partial charge in [-0.2, -0.15) is 0 Å². The van der Waals surface area contributed by atoms with Gasteiger partial charge in [0.1, 0.15) is 18.1 Å². The van der Waals surface area contributed by atoms with Crippen molar-refractivity contribution in [2.45, 2.75) is 13.0 Å². The van der Waals surface area contributed by atoms with Gasteiger partial charge < -0.3 is 19.7 Å². The lowest BCUT2D eigenvalue weighted by Gasteiger charge is -2.29. The number of carbonyl (C=O) groups excluding carboxylic acids is 2. The molecular formula is C30H26N2O4. The molecule has 0 bridgehead atoms. The van der Waals surface area contributed by atoms with Gasteiger partial charge in [-0.15, -0.1) is 0 Å². The van der Waals surface area contributed by atoms with Crippen LogP contribution >= 0.6 is 0 Å². The fourth-order valence-corrected chi connectivity index (χ4v) is 4.06. The van der Waals surface area contributed by atoms with Crippen molar-refractivity contribution in [3.63, 3.8) is 0 Å². The Bertz CT molecular complexity index is 1340. The van der Waals surface area contributed by atoms with Gasteiger partial charge in [-0.25, -0.2) is 0 Å². The first-order valence-electron chi connectivity index (χ1n) is 11.8. The summed E-state index contributed by atoms with van der Waals surface area (Å²) in [5.74, 6) is 0.900. The quantitative estimate of drug-likeness (QED) is 0.364. The third-order valence-electron chi connectivity index (χ3n) is 5.99. The monoisotopic (exact) mass is 478 g/mol. The van der Waals surface area contributed by atoms with E-state index < -0.39 is 0 Å². The van der Waals surface area contributed by atoms with Crippen LogP contribution in [-0.2, 0) is 17.8 Å². The maximum absolute atomic E-state index is 12.9. The summed E-state index contributed by atoms with van der Waals surface area (Å²) in [5.41, 5.74) is 4.04. The molecule has 0 aromatic heterocycles. The van der Waals surface area contributed by atoms with Gasteiger partial charge >= 0.3 is 0 Å². The zero-order chi connectivity index (χ0) is 24.7. The first kappa shape index (κ1) is 23.2. The average molecular weight is 479 g/mol. The Morgan fingerprint density at radius 2 is 1.56 bits per heavy atom. The number of hydrogen-bond acceptors (Lipinski definition) is 4. The summed E-state index contributed by atoms with van der Waals surface area (Å²) in [6.07, 6.45) is 0.735. The van der Waals surface area contributed by atoms with Crippen LogP contribution in [0.15, 0.2) is 103 Å². The summed E-state index contributed by atoms with van der Waals surface area (Å²) >= 11 is 0. The molecule has 1 aliphatic rings. The number of nitrogens with zero attached hydrogens (tertiary/aromatic N) is 1. The lowest BCUT2D eigenvalue weighted by molar-refractivity contribution is -0.121. The average Bonchev–Trinajstić information content (AvgIpc) is 2.93. The Balaban J connectivity index is 1.22. The molecule has 0 spiro atoms. The molecule has 0 unspecified atom stereocenters. The predicted molar refractivity (Wildman–Crippen MR) is 140 cm³/mol. The molecule has 0 saturated heterocycles. The highest BCUT2D eigenvalue weighted by Gasteiger charge is 2.26. The molecule has 1 aliphatic heterocycles. The minimum absolute atomic E-state index is 0.0443. The summed E-state index contributed by atoms with van der Waals surface area (Å²) < 4.78 is 11.5. The maximum atomic E-state index is 12.9. The first-order chi connectivity index (χ1) is 17.7. The Kier molecular flexibility index (Phi) is 6.94. The molecule has 0 fully saturated rings. The molecule has 2 amide bonds. The highest BCUT2D eigenvalue weighted by atomic mass is 16.5. The van der Waals surface area contributed by atoms with Crippen LogP contribution in [0.5, 0.6) is 11.5 Å². The molecule has 0 radical (unpaired) electrons. The van der Waals surface area contributed by atoms with Crippen molar-refractivity contribution in [2.24, 2.45) is 0 Å².